The minimum Gasteiger partial charge on any atom is -0.375 e. The summed E-state index contributed by atoms with van der Waals surface area (Å²) in [5.74, 6) is -0.240. The number of carbonyl (C=O) groups is 1. The van der Waals surface area contributed by atoms with Gasteiger partial charge in [0.2, 0.25) is 0 Å². The maximum absolute atomic E-state index is 13.4. The molecule has 3 aromatic rings. The SMILES string of the molecule is C/C(=C\CC1(O)C(=O)N(Cc2ccccc2)c2ccccc21)CCCCc1ccccc1. The molecule has 1 N–H and O–H groups in total. The number of fused-ring (bicyclic) bond motifs is 1. The van der Waals surface area contributed by atoms with E-state index in [0.29, 0.717) is 18.5 Å². The van der Waals surface area contributed by atoms with E-state index in [-0.39, 0.29) is 5.91 Å². The number of benzene rings is 3. The van der Waals surface area contributed by atoms with Gasteiger partial charge in [-0.25, -0.2) is 0 Å². The van der Waals surface area contributed by atoms with E-state index in [0.717, 1.165) is 36.9 Å². The van der Waals surface area contributed by atoms with Crippen LogP contribution < -0.4 is 4.90 Å². The quantitative estimate of drug-likeness (QED) is 0.329. The molecule has 0 fully saturated rings. The van der Waals surface area contributed by atoms with Gasteiger partial charge in [0.15, 0.2) is 5.60 Å². The zero-order chi connectivity index (χ0) is 22.4. The number of para-hydroxylation sites is 1. The lowest BCUT2D eigenvalue weighted by molar-refractivity contribution is -0.135. The summed E-state index contributed by atoms with van der Waals surface area (Å²) in [6, 6.07) is 28.1. The van der Waals surface area contributed by atoms with Crippen LogP contribution in [0.3, 0.4) is 0 Å². The van der Waals surface area contributed by atoms with Crippen LogP contribution in [0.25, 0.3) is 0 Å². The average Bonchev–Trinajstić information content (AvgIpc) is 3.04. The Labute approximate surface area is 191 Å². The molecule has 164 valence electrons. The van der Waals surface area contributed by atoms with Crippen molar-refractivity contribution < 1.29 is 9.90 Å². The molecule has 0 spiro atoms. The molecular weight excluding hydrogens is 394 g/mol. The minimum absolute atomic E-state index is 0.240. The van der Waals surface area contributed by atoms with E-state index in [9.17, 15) is 9.90 Å². The number of nitrogens with zero attached hydrogens (tertiary/aromatic N) is 1. The predicted molar refractivity (Wildman–Crippen MR) is 130 cm³/mol. The Morgan fingerprint density at radius 1 is 0.875 bits per heavy atom. The van der Waals surface area contributed by atoms with Crippen LogP contribution >= 0.6 is 0 Å². The van der Waals surface area contributed by atoms with Crippen LogP contribution in [0.2, 0.25) is 0 Å². The van der Waals surface area contributed by atoms with Crippen molar-refractivity contribution in [2.45, 2.75) is 51.2 Å². The standard InChI is InChI=1S/C29H31NO2/c1-23(12-8-9-15-24-13-4-2-5-14-24)20-21-29(32)26-18-10-11-19-27(26)30(28(29)31)22-25-16-6-3-7-17-25/h2-7,10-11,13-14,16-20,32H,8-9,12,15,21-22H2,1H3/b23-20+. The molecule has 1 aliphatic heterocycles. The molecular formula is C29H31NO2. The zero-order valence-electron chi connectivity index (χ0n) is 18.7. The maximum Gasteiger partial charge on any atom is 0.264 e. The van der Waals surface area contributed by atoms with Crippen LogP contribution in [0, 0.1) is 0 Å². The normalized spacial score (nSPS) is 18.1. The van der Waals surface area contributed by atoms with E-state index < -0.39 is 5.60 Å². The fourth-order valence-electron chi connectivity index (χ4n) is 4.43. The van der Waals surface area contributed by atoms with Crippen molar-refractivity contribution in [3.05, 3.63) is 113 Å². The van der Waals surface area contributed by atoms with Crippen molar-refractivity contribution in [1.82, 2.24) is 0 Å². The predicted octanol–water partition coefficient (Wildman–Crippen LogP) is 6.17. The molecule has 0 aromatic heterocycles. The van der Waals surface area contributed by atoms with Crippen LogP contribution in [-0.4, -0.2) is 11.0 Å². The first-order valence-corrected chi connectivity index (χ1v) is 11.5. The number of unbranched alkanes of at least 4 members (excludes halogenated alkanes) is 1. The molecule has 3 aromatic carbocycles. The molecule has 4 rings (SSSR count). The van der Waals surface area contributed by atoms with E-state index in [2.05, 4.69) is 31.2 Å². The third-order valence-electron chi connectivity index (χ3n) is 6.30. The molecule has 3 heteroatoms. The van der Waals surface area contributed by atoms with Crippen molar-refractivity contribution >= 4 is 11.6 Å². The molecule has 1 atom stereocenters. The fourth-order valence-corrected chi connectivity index (χ4v) is 4.43. The molecule has 0 bridgehead atoms. The van der Waals surface area contributed by atoms with Crippen molar-refractivity contribution in [2.75, 3.05) is 4.90 Å². The number of hydrogen-bond acceptors (Lipinski definition) is 2. The smallest absolute Gasteiger partial charge is 0.264 e. The summed E-state index contributed by atoms with van der Waals surface area (Å²) in [4.78, 5) is 15.1. The largest absolute Gasteiger partial charge is 0.375 e. The van der Waals surface area contributed by atoms with Gasteiger partial charge in [0.25, 0.3) is 5.91 Å². The van der Waals surface area contributed by atoms with Gasteiger partial charge >= 0.3 is 0 Å². The molecule has 1 unspecified atom stereocenters. The molecule has 0 saturated heterocycles. The van der Waals surface area contributed by atoms with E-state index in [1.54, 1.807) is 4.90 Å². The van der Waals surface area contributed by atoms with Gasteiger partial charge in [-0.2, -0.15) is 0 Å². The molecule has 1 heterocycles. The summed E-state index contributed by atoms with van der Waals surface area (Å²) in [6.07, 6.45) is 6.64. The number of hydrogen-bond donors (Lipinski definition) is 1. The van der Waals surface area contributed by atoms with E-state index in [1.807, 2.05) is 66.7 Å². The lowest BCUT2D eigenvalue weighted by Crippen LogP contribution is -2.39. The number of aryl methyl sites for hydroxylation is 1. The van der Waals surface area contributed by atoms with Crippen molar-refractivity contribution in [3.63, 3.8) is 0 Å². The Morgan fingerprint density at radius 2 is 1.50 bits per heavy atom. The van der Waals surface area contributed by atoms with E-state index in [1.165, 1.54) is 11.1 Å². The molecule has 0 aliphatic carbocycles. The lowest BCUT2D eigenvalue weighted by Gasteiger charge is -2.22. The Bertz CT molecular complexity index is 1070. The summed E-state index contributed by atoms with van der Waals surface area (Å²) in [7, 11) is 0. The number of carbonyl (C=O) groups excluding carboxylic acids is 1. The van der Waals surface area contributed by atoms with Crippen molar-refractivity contribution in [1.29, 1.82) is 0 Å². The Morgan fingerprint density at radius 3 is 2.22 bits per heavy atom. The highest BCUT2D eigenvalue weighted by atomic mass is 16.3. The number of anilines is 1. The average molecular weight is 426 g/mol. The van der Waals surface area contributed by atoms with Gasteiger partial charge in [0.1, 0.15) is 0 Å². The summed E-state index contributed by atoms with van der Waals surface area (Å²) >= 11 is 0. The highest BCUT2D eigenvalue weighted by Gasteiger charge is 2.48. The van der Waals surface area contributed by atoms with Gasteiger partial charge in [-0.05, 0) is 49.8 Å². The molecule has 0 radical (unpaired) electrons. The number of amides is 1. The third kappa shape index (κ3) is 4.84. The van der Waals surface area contributed by atoms with Gasteiger partial charge in [0.05, 0.1) is 12.2 Å². The molecule has 0 saturated carbocycles. The highest BCUT2D eigenvalue weighted by Crippen LogP contribution is 2.43. The third-order valence-corrected chi connectivity index (χ3v) is 6.30. The van der Waals surface area contributed by atoms with E-state index >= 15 is 0 Å². The molecule has 3 nitrogen and oxygen atoms in total. The van der Waals surface area contributed by atoms with Crippen LogP contribution in [-0.2, 0) is 23.4 Å². The van der Waals surface area contributed by atoms with Crippen LogP contribution in [0.4, 0.5) is 5.69 Å². The van der Waals surface area contributed by atoms with Crippen LogP contribution in [0.1, 0.15) is 49.3 Å². The second-order valence-electron chi connectivity index (χ2n) is 8.70. The second-order valence-corrected chi connectivity index (χ2v) is 8.70. The first kappa shape index (κ1) is 22.0. The van der Waals surface area contributed by atoms with Crippen LogP contribution in [0.5, 0.6) is 0 Å². The van der Waals surface area contributed by atoms with Gasteiger partial charge in [-0.3, -0.25) is 4.79 Å². The summed E-state index contributed by atoms with van der Waals surface area (Å²) < 4.78 is 0. The molecule has 32 heavy (non-hydrogen) atoms. The van der Waals surface area contributed by atoms with Gasteiger partial charge in [0, 0.05) is 12.0 Å². The first-order valence-electron chi connectivity index (χ1n) is 11.5. The Hall–Kier alpha value is -3.17. The topological polar surface area (TPSA) is 40.5 Å². The Balaban J connectivity index is 1.41. The molecule has 1 aliphatic rings. The van der Waals surface area contributed by atoms with Gasteiger partial charge in [-0.15, -0.1) is 0 Å². The summed E-state index contributed by atoms with van der Waals surface area (Å²) in [5, 5.41) is 11.5. The number of aliphatic hydroxyl groups is 1. The zero-order valence-corrected chi connectivity index (χ0v) is 18.7. The summed E-state index contributed by atoms with van der Waals surface area (Å²) in [5.41, 5.74) is 3.64. The lowest BCUT2D eigenvalue weighted by atomic mass is 9.90. The van der Waals surface area contributed by atoms with E-state index in [4.69, 9.17) is 0 Å². The minimum atomic E-state index is -1.50. The highest BCUT2D eigenvalue weighted by molar-refractivity contribution is 6.06. The fraction of sp³-hybridized carbons (Fsp3) is 0.276. The maximum atomic E-state index is 13.4. The molecule has 1 amide bonds. The summed E-state index contributed by atoms with van der Waals surface area (Å²) in [6.45, 7) is 2.56. The first-order chi connectivity index (χ1) is 15.6. The van der Waals surface area contributed by atoms with Crippen molar-refractivity contribution in [2.24, 2.45) is 0 Å². The number of rotatable bonds is 9. The monoisotopic (exact) mass is 425 g/mol. The number of allylic oxidation sites excluding steroid dienone is 1. The van der Waals surface area contributed by atoms with Crippen molar-refractivity contribution in [3.8, 4) is 0 Å². The van der Waals surface area contributed by atoms with Gasteiger partial charge < -0.3 is 10.0 Å². The second kappa shape index (κ2) is 9.97. The van der Waals surface area contributed by atoms with Crippen LogP contribution in [0.15, 0.2) is 96.6 Å². The van der Waals surface area contributed by atoms with Gasteiger partial charge in [-0.1, -0.05) is 90.5 Å². The Kier molecular flexibility index (Phi) is 6.87.